The summed E-state index contributed by atoms with van der Waals surface area (Å²) >= 11 is 0. The van der Waals surface area contributed by atoms with E-state index in [4.69, 9.17) is 4.74 Å². The molecule has 0 aromatic heterocycles. The second-order valence-corrected chi connectivity index (χ2v) is 9.25. The van der Waals surface area contributed by atoms with Crippen LogP contribution in [0.25, 0.3) is 0 Å². The van der Waals surface area contributed by atoms with Crippen LogP contribution in [0.1, 0.15) is 18.4 Å². The van der Waals surface area contributed by atoms with E-state index in [0.29, 0.717) is 25.6 Å². The molecule has 3 aliphatic heterocycles. The molecule has 25 heavy (non-hydrogen) atoms. The van der Waals surface area contributed by atoms with Crippen molar-refractivity contribution in [2.75, 3.05) is 40.8 Å². The van der Waals surface area contributed by atoms with Gasteiger partial charge in [0.2, 0.25) is 0 Å². The molecular formula is C17H26FN3O3S. The average Bonchev–Trinajstić information content (AvgIpc) is 2.89. The molecule has 140 valence electrons. The van der Waals surface area contributed by atoms with Gasteiger partial charge >= 0.3 is 0 Å². The zero-order chi connectivity index (χ0) is 18.2. The summed E-state index contributed by atoms with van der Waals surface area (Å²) in [5.41, 5.74) is 0.979. The Kier molecular flexibility index (Phi) is 5.34. The van der Waals surface area contributed by atoms with Crippen LogP contribution < -0.4 is 4.74 Å². The van der Waals surface area contributed by atoms with Gasteiger partial charge in [-0.1, -0.05) is 6.07 Å². The molecule has 8 heteroatoms. The van der Waals surface area contributed by atoms with Crippen molar-refractivity contribution in [1.82, 2.24) is 13.5 Å². The third-order valence-electron chi connectivity index (χ3n) is 5.18. The Bertz CT molecular complexity index is 726. The van der Waals surface area contributed by atoms with Crippen molar-refractivity contribution in [2.24, 2.45) is 5.92 Å². The fourth-order valence-electron chi connectivity index (χ4n) is 3.79. The van der Waals surface area contributed by atoms with Crippen molar-refractivity contribution in [2.45, 2.75) is 25.4 Å². The molecule has 4 rings (SSSR count). The van der Waals surface area contributed by atoms with Gasteiger partial charge in [-0.3, -0.25) is 4.90 Å². The van der Waals surface area contributed by atoms with E-state index in [9.17, 15) is 12.8 Å². The predicted octanol–water partition coefficient (Wildman–Crippen LogP) is 1.54. The number of piperidine rings is 1. The Balaban J connectivity index is 1.77. The molecule has 3 saturated heterocycles. The molecule has 0 unspecified atom stereocenters. The Morgan fingerprint density at radius 1 is 1.24 bits per heavy atom. The van der Waals surface area contributed by atoms with Gasteiger partial charge in [0, 0.05) is 46.3 Å². The number of fused-ring (bicyclic) bond motifs is 4. The summed E-state index contributed by atoms with van der Waals surface area (Å²) in [5.74, 6) is 0.206. The van der Waals surface area contributed by atoms with E-state index >= 15 is 0 Å². The van der Waals surface area contributed by atoms with Gasteiger partial charge in [-0.25, -0.2) is 4.39 Å². The number of hydrogen-bond acceptors (Lipinski definition) is 4. The van der Waals surface area contributed by atoms with Gasteiger partial charge in [-0.05, 0) is 36.5 Å². The Hall–Kier alpha value is -1.22. The van der Waals surface area contributed by atoms with Gasteiger partial charge in [0.05, 0.1) is 7.11 Å². The highest BCUT2D eigenvalue weighted by molar-refractivity contribution is 7.86. The highest BCUT2D eigenvalue weighted by Crippen LogP contribution is 2.31. The molecule has 3 heterocycles. The molecule has 0 N–H and O–H groups in total. The third-order valence-corrected chi connectivity index (χ3v) is 7.06. The first kappa shape index (κ1) is 18.6. The van der Waals surface area contributed by atoms with Gasteiger partial charge < -0.3 is 4.74 Å². The zero-order valence-electron chi connectivity index (χ0n) is 15.0. The second-order valence-electron chi connectivity index (χ2n) is 7.10. The smallest absolute Gasteiger partial charge is 0.281 e. The molecule has 0 spiro atoms. The summed E-state index contributed by atoms with van der Waals surface area (Å²) in [6.45, 7) is 2.62. The number of halogens is 1. The first-order chi connectivity index (χ1) is 11.8. The van der Waals surface area contributed by atoms with E-state index in [1.165, 1.54) is 17.5 Å². The van der Waals surface area contributed by atoms with E-state index in [1.807, 2.05) is 0 Å². The van der Waals surface area contributed by atoms with Crippen molar-refractivity contribution in [3.63, 3.8) is 0 Å². The lowest BCUT2D eigenvalue weighted by Crippen LogP contribution is -2.45. The summed E-state index contributed by atoms with van der Waals surface area (Å²) in [6, 6.07) is 5.10. The molecule has 1 aromatic rings. The van der Waals surface area contributed by atoms with E-state index in [1.54, 1.807) is 30.5 Å². The number of rotatable bonds is 5. The minimum Gasteiger partial charge on any atom is -0.494 e. The Labute approximate surface area is 149 Å². The Morgan fingerprint density at radius 3 is 2.68 bits per heavy atom. The van der Waals surface area contributed by atoms with Crippen molar-refractivity contribution < 1.29 is 17.5 Å². The first-order valence-electron chi connectivity index (χ1n) is 8.55. The highest BCUT2D eigenvalue weighted by atomic mass is 32.2. The minimum absolute atomic E-state index is 0.185. The van der Waals surface area contributed by atoms with Gasteiger partial charge in [0.25, 0.3) is 10.2 Å². The number of hydrogen-bond donors (Lipinski definition) is 0. The fourth-order valence-corrected chi connectivity index (χ4v) is 5.01. The molecule has 6 nitrogen and oxygen atoms in total. The summed E-state index contributed by atoms with van der Waals surface area (Å²) < 4.78 is 46.6. The predicted molar refractivity (Wildman–Crippen MR) is 94.1 cm³/mol. The van der Waals surface area contributed by atoms with Crippen LogP contribution in [0, 0.1) is 11.7 Å². The first-order valence-corrected chi connectivity index (χ1v) is 9.95. The largest absolute Gasteiger partial charge is 0.494 e. The molecular weight excluding hydrogens is 345 g/mol. The van der Waals surface area contributed by atoms with E-state index < -0.39 is 10.2 Å². The highest BCUT2D eigenvalue weighted by Gasteiger charge is 2.39. The number of nitrogens with zero attached hydrogens (tertiary/aromatic N) is 3. The molecule has 2 bridgehead atoms. The van der Waals surface area contributed by atoms with Crippen LogP contribution in [-0.2, 0) is 16.8 Å². The van der Waals surface area contributed by atoms with Crippen LogP contribution >= 0.6 is 0 Å². The molecule has 0 amide bonds. The monoisotopic (exact) mass is 371 g/mol. The van der Waals surface area contributed by atoms with Gasteiger partial charge in [-0.2, -0.15) is 17.0 Å². The van der Waals surface area contributed by atoms with Crippen molar-refractivity contribution in [3.8, 4) is 5.75 Å². The van der Waals surface area contributed by atoms with Crippen LogP contribution in [-0.4, -0.2) is 68.8 Å². The van der Waals surface area contributed by atoms with Crippen LogP contribution in [0.5, 0.6) is 5.75 Å². The van der Waals surface area contributed by atoms with Gasteiger partial charge in [-0.15, -0.1) is 0 Å². The fraction of sp³-hybridized carbons (Fsp3) is 0.647. The van der Waals surface area contributed by atoms with Crippen LogP contribution in [0.3, 0.4) is 0 Å². The lowest BCUT2D eigenvalue weighted by atomic mass is 9.94. The summed E-state index contributed by atoms with van der Waals surface area (Å²) in [4.78, 5) is 2.33. The maximum Gasteiger partial charge on any atom is 0.281 e. The molecule has 3 fully saturated rings. The zero-order valence-corrected chi connectivity index (χ0v) is 15.8. The van der Waals surface area contributed by atoms with Crippen molar-refractivity contribution in [3.05, 3.63) is 29.6 Å². The summed E-state index contributed by atoms with van der Waals surface area (Å²) in [6.07, 6.45) is 2.04. The Morgan fingerprint density at radius 2 is 2.00 bits per heavy atom. The molecule has 0 aliphatic carbocycles. The lowest BCUT2D eigenvalue weighted by Gasteiger charge is -2.36. The van der Waals surface area contributed by atoms with E-state index in [2.05, 4.69) is 4.90 Å². The maximum atomic E-state index is 13.6. The van der Waals surface area contributed by atoms with Gasteiger partial charge in [0.1, 0.15) is 0 Å². The van der Waals surface area contributed by atoms with Crippen LogP contribution in [0.4, 0.5) is 4.39 Å². The van der Waals surface area contributed by atoms with E-state index in [0.717, 1.165) is 24.9 Å². The summed E-state index contributed by atoms with van der Waals surface area (Å²) in [5, 5.41) is 0. The summed E-state index contributed by atoms with van der Waals surface area (Å²) in [7, 11) is 1.22. The molecule has 2 atom stereocenters. The topological polar surface area (TPSA) is 53.1 Å². The molecule has 0 radical (unpaired) electrons. The lowest BCUT2D eigenvalue weighted by molar-refractivity contribution is 0.125. The molecule has 1 aromatic carbocycles. The number of methoxy groups -OCH3 is 1. The minimum atomic E-state index is -3.39. The normalized spacial score (nSPS) is 25.3. The molecule has 3 aliphatic rings. The van der Waals surface area contributed by atoms with Crippen LogP contribution in [0.2, 0.25) is 0 Å². The standard InChI is InChI=1S/C17H26FN3O3S/c1-19(2)25(22,23)21-11-14-4-6-15(12-21)20(10-14)9-13-5-7-16(18)17(8-13)24-3/h5,7-8,14-15H,4,6,9-12H2,1-3H3/t14-,15-/m1/s1. The van der Waals surface area contributed by atoms with Gasteiger partial charge in [0.15, 0.2) is 11.6 Å². The number of benzene rings is 1. The number of ether oxygens (including phenoxy) is 1. The maximum absolute atomic E-state index is 13.6. The van der Waals surface area contributed by atoms with Crippen LogP contribution in [0.15, 0.2) is 18.2 Å². The quantitative estimate of drug-likeness (QED) is 0.788. The van der Waals surface area contributed by atoms with E-state index in [-0.39, 0.29) is 17.6 Å². The molecule has 0 saturated carbocycles. The SMILES string of the molecule is COc1cc(CN2C[C@H]3CC[C@@H]2CN(S(=O)(=O)N(C)C)C3)ccc1F. The average molecular weight is 371 g/mol. The van der Waals surface area contributed by atoms with Crippen molar-refractivity contribution >= 4 is 10.2 Å². The third kappa shape index (κ3) is 3.81. The second kappa shape index (κ2) is 7.19. The van der Waals surface area contributed by atoms with Crippen molar-refractivity contribution in [1.29, 1.82) is 0 Å².